The highest BCUT2D eigenvalue weighted by Crippen LogP contribution is 2.18. The van der Waals surface area contributed by atoms with Gasteiger partial charge in [0.2, 0.25) is 0 Å². The van der Waals surface area contributed by atoms with E-state index in [0.717, 1.165) is 18.7 Å². The van der Waals surface area contributed by atoms with Crippen molar-refractivity contribution in [3.05, 3.63) is 24.3 Å². The van der Waals surface area contributed by atoms with Crippen molar-refractivity contribution in [1.29, 1.82) is 0 Å². The SMILES string of the molecule is CCCNC(=S)Nc1cccc(SC)c1. The first kappa shape index (κ1) is 12.3. The lowest BCUT2D eigenvalue weighted by atomic mass is 10.3. The number of thioether (sulfide) groups is 1. The topological polar surface area (TPSA) is 24.1 Å². The van der Waals surface area contributed by atoms with Gasteiger partial charge < -0.3 is 10.6 Å². The van der Waals surface area contributed by atoms with Gasteiger partial charge in [-0.25, -0.2) is 0 Å². The van der Waals surface area contributed by atoms with E-state index in [-0.39, 0.29) is 0 Å². The molecule has 1 aromatic rings. The fourth-order valence-corrected chi connectivity index (χ4v) is 1.79. The number of nitrogens with one attached hydrogen (secondary N) is 2. The molecule has 0 aliphatic carbocycles. The Bertz CT molecular complexity index is 326. The van der Waals surface area contributed by atoms with Gasteiger partial charge in [-0.15, -0.1) is 11.8 Å². The lowest BCUT2D eigenvalue weighted by Gasteiger charge is -2.10. The van der Waals surface area contributed by atoms with E-state index >= 15 is 0 Å². The quantitative estimate of drug-likeness (QED) is 0.624. The van der Waals surface area contributed by atoms with Gasteiger partial charge >= 0.3 is 0 Å². The average Bonchev–Trinajstić information content (AvgIpc) is 2.26. The van der Waals surface area contributed by atoms with E-state index in [1.54, 1.807) is 11.8 Å². The maximum absolute atomic E-state index is 5.15. The van der Waals surface area contributed by atoms with E-state index in [9.17, 15) is 0 Å². The van der Waals surface area contributed by atoms with Crippen molar-refractivity contribution in [2.75, 3.05) is 18.1 Å². The highest BCUT2D eigenvalue weighted by Gasteiger charge is 1.97. The lowest BCUT2D eigenvalue weighted by molar-refractivity contribution is 0.846. The van der Waals surface area contributed by atoms with Gasteiger partial charge in [0.25, 0.3) is 0 Å². The van der Waals surface area contributed by atoms with Crippen LogP contribution in [0.2, 0.25) is 0 Å². The predicted octanol–water partition coefficient (Wildman–Crippen LogP) is 3.10. The number of thiocarbonyl (C=S) groups is 1. The van der Waals surface area contributed by atoms with Crippen molar-refractivity contribution in [3.8, 4) is 0 Å². The highest BCUT2D eigenvalue weighted by atomic mass is 32.2. The second kappa shape index (κ2) is 6.69. The Morgan fingerprint density at radius 2 is 2.27 bits per heavy atom. The molecule has 0 aliphatic heterocycles. The minimum atomic E-state index is 0.690. The van der Waals surface area contributed by atoms with Crippen LogP contribution in [0.25, 0.3) is 0 Å². The molecule has 2 nitrogen and oxygen atoms in total. The van der Waals surface area contributed by atoms with E-state index in [1.807, 2.05) is 12.1 Å². The van der Waals surface area contributed by atoms with Crippen molar-refractivity contribution in [1.82, 2.24) is 5.32 Å². The van der Waals surface area contributed by atoms with Crippen molar-refractivity contribution >= 4 is 34.8 Å². The van der Waals surface area contributed by atoms with E-state index in [4.69, 9.17) is 12.2 Å². The molecule has 1 rings (SSSR count). The molecule has 0 saturated heterocycles. The van der Waals surface area contributed by atoms with Gasteiger partial charge in [0.05, 0.1) is 0 Å². The summed E-state index contributed by atoms with van der Waals surface area (Å²) >= 11 is 6.88. The third kappa shape index (κ3) is 4.53. The number of hydrogen-bond acceptors (Lipinski definition) is 2. The molecule has 0 bridgehead atoms. The Labute approximate surface area is 101 Å². The highest BCUT2D eigenvalue weighted by molar-refractivity contribution is 7.98. The first-order valence-electron chi connectivity index (χ1n) is 4.95. The Morgan fingerprint density at radius 3 is 2.93 bits per heavy atom. The standard InChI is InChI=1S/C11H16N2S2/c1-3-7-12-11(14)13-9-5-4-6-10(8-9)15-2/h4-6,8H,3,7H2,1-2H3,(H2,12,13,14). The lowest BCUT2D eigenvalue weighted by Crippen LogP contribution is -2.28. The summed E-state index contributed by atoms with van der Waals surface area (Å²) in [6.07, 6.45) is 3.14. The first-order chi connectivity index (χ1) is 7.26. The van der Waals surface area contributed by atoms with Gasteiger partial charge in [0.1, 0.15) is 0 Å². The molecule has 0 fully saturated rings. The first-order valence-corrected chi connectivity index (χ1v) is 6.58. The molecular weight excluding hydrogens is 224 g/mol. The maximum atomic E-state index is 5.15. The van der Waals surface area contributed by atoms with Gasteiger partial charge in [-0.1, -0.05) is 13.0 Å². The zero-order valence-electron chi connectivity index (χ0n) is 9.04. The van der Waals surface area contributed by atoms with E-state index in [1.165, 1.54) is 4.90 Å². The van der Waals surface area contributed by atoms with Gasteiger partial charge in [-0.3, -0.25) is 0 Å². The summed E-state index contributed by atoms with van der Waals surface area (Å²) in [6, 6.07) is 8.21. The molecule has 0 aromatic heterocycles. The van der Waals surface area contributed by atoms with Crippen LogP contribution in [0.5, 0.6) is 0 Å². The maximum Gasteiger partial charge on any atom is 0.170 e. The van der Waals surface area contributed by atoms with Crippen molar-refractivity contribution < 1.29 is 0 Å². The zero-order chi connectivity index (χ0) is 11.1. The summed E-state index contributed by atoms with van der Waals surface area (Å²) in [7, 11) is 0. The van der Waals surface area contributed by atoms with Gasteiger partial charge in [-0.05, 0) is 43.1 Å². The number of hydrogen-bond donors (Lipinski definition) is 2. The molecule has 2 N–H and O–H groups in total. The van der Waals surface area contributed by atoms with Crippen LogP contribution in [-0.4, -0.2) is 17.9 Å². The molecule has 15 heavy (non-hydrogen) atoms. The zero-order valence-corrected chi connectivity index (χ0v) is 10.7. The monoisotopic (exact) mass is 240 g/mol. The molecule has 0 spiro atoms. The minimum Gasteiger partial charge on any atom is -0.362 e. The summed E-state index contributed by atoms with van der Waals surface area (Å²) in [5.74, 6) is 0. The Balaban J connectivity index is 2.52. The van der Waals surface area contributed by atoms with Crippen LogP contribution in [0.4, 0.5) is 5.69 Å². The van der Waals surface area contributed by atoms with Gasteiger partial charge in [-0.2, -0.15) is 0 Å². The van der Waals surface area contributed by atoms with Crippen molar-refractivity contribution in [2.45, 2.75) is 18.2 Å². The molecule has 0 heterocycles. The molecule has 0 aliphatic rings. The fourth-order valence-electron chi connectivity index (χ4n) is 1.11. The van der Waals surface area contributed by atoms with E-state index in [2.05, 4.69) is 35.9 Å². The van der Waals surface area contributed by atoms with Crippen LogP contribution in [0.15, 0.2) is 29.2 Å². The molecule has 0 atom stereocenters. The minimum absolute atomic E-state index is 0.690. The normalized spacial score (nSPS) is 9.73. The summed E-state index contributed by atoms with van der Waals surface area (Å²) in [6.45, 7) is 3.03. The van der Waals surface area contributed by atoms with Crippen LogP contribution >= 0.6 is 24.0 Å². The van der Waals surface area contributed by atoms with Crippen LogP contribution in [0.1, 0.15) is 13.3 Å². The largest absolute Gasteiger partial charge is 0.362 e. The fraction of sp³-hybridized carbons (Fsp3) is 0.364. The number of anilines is 1. The molecular formula is C11H16N2S2. The van der Waals surface area contributed by atoms with Crippen LogP contribution in [0.3, 0.4) is 0 Å². The average molecular weight is 240 g/mol. The van der Waals surface area contributed by atoms with Crippen molar-refractivity contribution in [3.63, 3.8) is 0 Å². The van der Waals surface area contributed by atoms with Gasteiger partial charge in [0.15, 0.2) is 5.11 Å². The molecule has 0 unspecified atom stereocenters. The van der Waals surface area contributed by atoms with Gasteiger partial charge in [0, 0.05) is 17.1 Å². The smallest absolute Gasteiger partial charge is 0.170 e. The number of benzene rings is 1. The second-order valence-corrected chi connectivity index (χ2v) is 4.40. The Morgan fingerprint density at radius 1 is 1.47 bits per heavy atom. The number of rotatable bonds is 4. The van der Waals surface area contributed by atoms with Crippen molar-refractivity contribution in [2.24, 2.45) is 0 Å². The second-order valence-electron chi connectivity index (χ2n) is 3.11. The van der Waals surface area contributed by atoms with Crippen LogP contribution < -0.4 is 10.6 Å². The molecule has 0 amide bonds. The summed E-state index contributed by atoms with van der Waals surface area (Å²) < 4.78 is 0. The summed E-state index contributed by atoms with van der Waals surface area (Å²) in [5.41, 5.74) is 1.04. The molecule has 1 aromatic carbocycles. The Kier molecular flexibility index (Phi) is 5.50. The molecule has 0 saturated carbocycles. The van der Waals surface area contributed by atoms with Crippen LogP contribution in [-0.2, 0) is 0 Å². The summed E-state index contributed by atoms with van der Waals surface area (Å²) in [4.78, 5) is 1.23. The van der Waals surface area contributed by atoms with Crippen LogP contribution in [0, 0.1) is 0 Å². The molecule has 4 heteroatoms. The van der Waals surface area contributed by atoms with E-state index in [0.29, 0.717) is 5.11 Å². The molecule has 82 valence electrons. The third-order valence-corrected chi connectivity index (χ3v) is 2.83. The Hall–Kier alpha value is -0.740. The summed E-state index contributed by atoms with van der Waals surface area (Å²) in [5, 5.41) is 6.98. The predicted molar refractivity (Wildman–Crippen MR) is 72.7 cm³/mol. The van der Waals surface area contributed by atoms with E-state index < -0.39 is 0 Å². The third-order valence-electron chi connectivity index (χ3n) is 1.86. The molecule has 0 radical (unpaired) electrons.